The Morgan fingerprint density at radius 3 is 1.90 bits per heavy atom. The Balaban J connectivity index is 3.93. The third kappa shape index (κ3) is 11.3. The van der Waals surface area contributed by atoms with Crippen LogP contribution in [0.5, 0.6) is 0 Å². The zero-order valence-corrected chi connectivity index (χ0v) is 13.8. The van der Waals surface area contributed by atoms with Gasteiger partial charge in [-0.05, 0) is 12.8 Å². The molecule has 1 atom stereocenters. The minimum absolute atomic E-state index is 0.208. The van der Waals surface area contributed by atoms with Crippen LogP contribution in [0.25, 0.3) is 0 Å². The SMILES string of the molecule is CCCCCCCC(CCCCCC)C(=O)NCCN. The Labute approximate surface area is 126 Å². The molecule has 1 unspecified atom stereocenters. The van der Waals surface area contributed by atoms with Gasteiger partial charge in [-0.15, -0.1) is 0 Å². The maximum atomic E-state index is 12.1. The summed E-state index contributed by atoms with van der Waals surface area (Å²) in [7, 11) is 0. The smallest absolute Gasteiger partial charge is 0.223 e. The molecule has 0 bridgehead atoms. The van der Waals surface area contributed by atoms with Crippen LogP contribution in [0.1, 0.15) is 84.5 Å². The van der Waals surface area contributed by atoms with Gasteiger partial charge in [0.2, 0.25) is 5.91 Å². The number of unbranched alkanes of at least 4 members (excludes halogenated alkanes) is 7. The van der Waals surface area contributed by atoms with Crippen LogP contribution in [-0.2, 0) is 4.79 Å². The van der Waals surface area contributed by atoms with Crippen LogP contribution in [0, 0.1) is 5.92 Å². The minimum Gasteiger partial charge on any atom is -0.355 e. The zero-order valence-electron chi connectivity index (χ0n) is 13.8. The first kappa shape index (κ1) is 19.4. The van der Waals surface area contributed by atoms with E-state index in [1.54, 1.807) is 0 Å². The van der Waals surface area contributed by atoms with Crippen molar-refractivity contribution in [3.05, 3.63) is 0 Å². The molecule has 3 heteroatoms. The number of rotatable bonds is 14. The summed E-state index contributed by atoms with van der Waals surface area (Å²) in [6.07, 6.45) is 13.4. The fourth-order valence-corrected chi connectivity index (χ4v) is 2.56. The normalized spacial score (nSPS) is 12.3. The van der Waals surface area contributed by atoms with Crippen LogP contribution in [0.2, 0.25) is 0 Å². The molecule has 0 aliphatic heterocycles. The lowest BCUT2D eigenvalue weighted by Gasteiger charge is -2.16. The molecule has 0 fully saturated rings. The van der Waals surface area contributed by atoms with E-state index in [4.69, 9.17) is 5.73 Å². The van der Waals surface area contributed by atoms with Crippen LogP contribution >= 0.6 is 0 Å². The van der Waals surface area contributed by atoms with E-state index in [0.717, 1.165) is 12.8 Å². The highest BCUT2D eigenvalue weighted by molar-refractivity contribution is 5.78. The molecule has 3 nitrogen and oxygen atoms in total. The van der Waals surface area contributed by atoms with Crippen molar-refractivity contribution in [2.75, 3.05) is 13.1 Å². The number of hydrogen-bond donors (Lipinski definition) is 2. The van der Waals surface area contributed by atoms with Gasteiger partial charge in [0.05, 0.1) is 0 Å². The van der Waals surface area contributed by atoms with E-state index in [2.05, 4.69) is 19.2 Å². The van der Waals surface area contributed by atoms with Gasteiger partial charge in [-0.2, -0.15) is 0 Å². The Bertz CT molecular complexity index is 219. The van der Waals surface area contributed by atoms with Crippen LogP contribution in [-0.4, -0.2) is 19.0 Å². The molecule has 0 aromatic rings. The van der Waals surface area contributed by atoms with Crippen molar-refractivity contribution < 1.29 is 4.79 Å². The second-order valence-corrected chi connectivity index (χ2v) is 5.83. The number of nitrogens with two attached hydrogens (primary N) is 1. The van der Waals surface area contributed by atoms with Gasteiger partial charge in [-0.3, -0.25) is 4.79 Å². The van der Waals surface area contributed by atoms with Gasteiger partial charge in [0, 0.05) is 19.0 Å². The molecular formula is C17H36N2O. The summed E-state index contributed by atoms with van der Waals surface area (Å²) in [4.78, 5) is 12.1. The average Bonchev–Trinajstić information content (AvgIpc) is 2.46. The van der Waals surface area contributed by atoms with E-state index >= 15 is 0 Å². The molecule has 0 rings (SSSR count). The molecule has 0 aromatic carbocycles. The lowest BCUT2D eigenvalue weighted by molar-refractivity contribution is -0.125. The predicted octanol–water partition coefficient (Wildman–Crippen LogP) is 4.01. The first-order valence-corrected chi connectivity index (χ1v) is 8.74. The van der Waals surface area contributed by atoms with Gasteiger partial charge >= 0.3 is 0 Å². The van der Waals surface area contributed by atoms with Crippen molar-refractivity contribution >= 4 is 5.91 Å². The third-order valence-electron chi connectivity index (χ3n) is 3.88. The van der Waals surface area contributed by atoms with Gasteiger partial charge < -0.3 is 11.1 Å². The molecule has 0 aliphatic rings. The number of nitrogens with one attached hydrogen (secondary N) is 1. The van der Waals surface area contributed by atoms with Crippen LogP contribution in [0.4, 0.5) is 0 Å². The van der Waals surface area contributed by atoms with E-state index in [0.29, 0.717) is 13.1 Å². The third-order valence-corrected chi connectivity index (χ3v) is 3.88. The first-order valence-electron chi connectivity index (χ1n) is 8.74. The molecule has 0 saturated heterocycles. The molecular weight excluding hydrogens is 248 g/mol. The van der Waals surface area contributed by atoms with E-state index < -0.39 is 0 Å². The topological polar surface area (TPSA) is 55.1 Å². The molecule has 0 saturated carbocycles. The standard InChI is InChI=1S/C17H36N2O/c1-3-5-7-9-11-13-16(12-10-8-6-4-2)17(20)19-15-14-18/h16H,3-15,18H2,1-2H3,(H,19,20). The number of carbonyl (C=O) groups is 1. The monoisotopic (exact) mass is 284 g/mol. The Morgan fingerprint density at radius 1 is 0.900 bits per heavy atom. The van der Waals surface area contributed by atoms with E-state index in [-0.39, 0.29) is 11.8 Å². The predicted molar refractivity (Wildman–Crippen MR) is 87.7 cm³/mol. The first-order chi connectivity index (χ1) is 9.76. The highest BCUT2D eigenvalue weighted by Crippen LogP contribution is 2.18. The van der Waals surface area contributed by atoms with Gasteiger partial charge in [0.15, 0.2) is 0 Å². The van der Waals surface area contributed by atoms with Gasteiger partial charge in [-0.1, -0.05) is 71.6 Å². The van der Waals surface area contributed by atoms with Gasteiger partial charge in [-0.25, -0.2) is 0 Å². The van der Waals surface area contributed by atoms with E-state index in [1.165, 1.54) is 57.8 Å². The molecule has 1 amide bonds. The quantitative estimate of drug-likeness (QED) is 0.474. The highest BCUT2D eigenvalue weighted by Gasteiger charge is 2.16. The summed E-state index contributed by atoms with van der Waals surface area (Å²) in [5, 5.41) is 2.96. The maximum absolute atomic E-state index is 12.1. The summed E-state index contributed by atoms with van der Waals surface area (Å²) < 4.78 is 0. The fourth-order valence-electron chi connectivity index (χ4n) is 2.56. The lowest BCUT2D eigenvalue weighted by Crippen LogP contribution is -2.34. The fraction of sp³-hybridized carbons (Fsp3) is 0.941. The Morgan fingerprint density at radius 2 is 1.40 bits per heavy atom. The zero-order chi connectivity index (χ0) is 15.1. The van der Waals surface area contributed by atoms with Gasteiger partial charge in [0.25, 0.3) is 0 Å². The van der Waals surface area contributed by atoms with Crippen molar-refractivity contribution in [3.63, 3.8) is 0 Å². The second kappa shape index (κ2) is 14.8. The van der Waals surface area contributed by atoms with Crippen LogP contribution < -0.4 is 11.1 Å². The van der Waals surface area contributed by atoms with Crippen LogP contribution in [0.3, 0.4) is 0 Å². The van der Waals surface area contributed by atoms with Crippen molar-refractivity contribution in [2.24, 2.45) is 11.7 Å². The molecule has 120 valence electrons. The molecule has 0 heterocycles. The van der Waals surface area contributed by atoms with Crippen LogP contribution in [0.15, 0.2) is 0 Å². The van der Waals surface area contributed by atoms with Crippen molar-refractivity contribution in [1.29, 1.82) is 0 Å². The Hall–Kier alpha value is -0.570. The molecule has 0 spiro atoms. The largest absolute Gasteiger partial charge is 0.355 e. The van der Waals surface area contributed by atoms with E-state index in [9.17, 15) is 4.79 Å². The number of hydrogen-bond acceptors (Lipinski definition) is 2. The summed E-state index contributed by atoms with van der Waals surface area (Å²) in [6.45, 7) is 5.60. The summed E-state index contributed by atoms with van der Waals surface area (Å²) >= 11 is 0. The summed E-state index contributed by atoms with van der Waals surface area (Å²) in [5.74, 6) is 0.433. The number of amides is 1. The second-order valence-electron chi connectivity index (χ2n) is 5.83. The lowest BCUT2D eigenvalue weighted by atomic mass is 9.93. The molecule has 0 aromatic heterocycles. The van der Waals surface area contributed by atoms with E-state index in [1.807, 2.05) is 0 Å². The molecule has 0 aliphatic carbocycles. The van der Waals surface area contributed by atoms with Gasteiger partial charge in [0.1, 0.15) is 0 Å². The molecule has 0 radical (unpaired) electrons. The summed E-state index contributed by atoms with van der Waals surface area (Å²) in [5.41, 5.74) is 5.46. The van der Waals surface area contributed by atoms with Crippen molar-refractivity contribution in [2.45, 2.75) is 84.5 Å². The molecule has 20 heavy (non-hydrogen) atoms. The summed E-state index contributed by atoms with van der Waals surface area (Å²) in [6, 6.07) is 0. The number of carbonyl (C=O) groups excluding carboxylic acids is 1. The highest BCUT2D eigenvalue weighted by atomic mass is 16.1. The molecule has 3 N–H and O–H groups in total. The Kier molecular flexibility index (Phi) is 14.4. The van der Waals surface area contributed by atoms with Crippen molar-refractivity contribution in [1.82, 2.24) is 5.32 Å². The average molecular weight is 284 g/mol. The minimum atomic E-state index is 0.208. The maximum Gasteiger partial charge on any atom is 0.223 e. The van der Waals surface area contributed by atoms with Crippen molar-refractivity contribution in [3.8, 4) is 0 Å².